The first kappa shape index (κ1) is 68.5. The average Bonchev–Trinajstić information content (AvgIpc) is 3.49. The molecule has 0 aromatic heterocycles. The highest BCUT2D eigenvalue weighted by atomic mass is 16.6. The van der Waals surface area contributed by atoms with Gasteiger partial charge in [-0.05, 0) is 186 Å². The Morgan fingerprint density at radius 1 is 0.318 bits per heavy atom. The second kappa shape index (κ2) is 40.2. The SMILES string of the molecule is CC(OCCCCCC(=O)Oc1ccc(N)cc1)C(=O)Oc1ccc(N)cc1.Cc1ccc(OC(=O)CCCCCOCCOCC(=O)Oc2ccc(N)cc2)cc1.Nc1ccc(OC(=O)CCCCCOCC(=O)Oc2ccc(N)cc2)cc1. The third kappa shape index (κ3) is 32.4. The molecule has 0 radical (unpaired) electrons. The number of carbonyl (C=O) groups is 6. The molecule has 1 unspecified atom stereocenters. The Labute approximate surface area is 496 Å². The van der Waals surface area contributed by atoms with E-state index < -0.39 is 24.0 Å². The Balaban J connectivity index is 0.000000274. The van der Waals surface area contributed by atoms with Gasteiger partial charge < -0.3 is 76.0 Å². The molecule has 21 nitrogen and oxygen atoms in total. The summed E-state index contributed by atoms with van der Waals surface area (Å²) in [5, 5.41) is 0. The molecule has 0 spiro atoms. The third-order valence-corrected chi connectivity index (χ3v) is 11.7. The minimum absolute atomic E-state index is 0.121. The smallest absolute Gasteiger partial charge is 0.340 e. The number of unbranched alkanes of at least 4 members (excludes halogenated alkanes) is 6. The van der Waals surface area contributed by atoms with Crippen LogP contribution in [0.1, 0.15) is 89.5 Å². The Bertz CT molecular complexity index is 2760. The Morgan fingerprint density at radius 2 is 0.588 bits per heavy atom. The number of esters is 6. The Hall–Kier alpha value is -9.02. The normalized spacial score (nSPS) is 10.8. The number of carbonyl (C=O) groups excluding carboxylic acids is 6. The maximum Gasteiger partial charge on any atom is 0.340 e. The summed E-state index contributed by atoms with van der Waals surface area (Å²) >= 11 is 0. The van der Waals surface area contributed by atoms with Crippen molar-refractivity contribution >= 4 is 64.3 Å². The predicted molar refractivity (Wildman–Crippen MR) is 323 cm³/mol. The third-order valence-electron chi connectivity index (χ3n) is 11.7. The van der Waals surface area contributed by atoms with E-state index in [-0.39, 0.29) is 31.1 Å². The van der Waals surface area contributed by atoms with Gasteiger partial charge in [0.2, 0.25) is 0 Å². The lowest BCUT2D eigenvalue weighted by molar-refractivity contribution is -0.146. The van der Waals surface area contributed by atoms with Crippen LogP contribution in [0.25, 0.3) is 0 Å². The molecule has 21 heteroatoms. The van der Waals surface area contributed by atoms with Crippen LogP contribution in [0, 0.1) is 6.92 Å². The van der Waals surface area contributed by atoms with Crippen molar-refractivity contribution in [3.05, 3.63) is 151 Å². The summed E-state index contributed by atoms with van der Waals surface area (Å²) in [5.74, 6) is 0.627. The highest BCUT2D eigenvalue weighted by Gasteiger charge is 2.16. The van der Waals surface area contributed by atoms with Gasteiger partial charge in [0.25, 0.3) is 0 Å². The molecule has 0 amide bonds. The van der Waals surface area contributed by atoms with Crippen molar-refractivity contribution in [3.63, 3.8) is 0 Å². The zero-order valence-electron chi connectivity index (χ0n) is 48.3. The first-order valence-electron chi connectivity index (χ1n) is 27.9. The van der Waals surface area contributed by atoms with Crippen molar-refractivity contribution in [1.29, 1.82) is 0 Å². The van der Waals surface area contributed by atoms with Crippen LogP contribution in [0.2, 0.25) is 0 Å². The van der Waals surface area contributed by atoms with Crippen molar-refractivity contribution in [2.45, 2.75) is 97.0 Å². The molecule has 0 aliphatic carbocycles. The summed E-state index contributed by atoms with van der Waals surface area (Å²) in [6, 6.07) is 40.4. The molecule has 0 aliphatic rings. The van der Waals surface area contributed by atoms with Crippen LogP contribution >= 0.6 is 0 Å². The van der Waals surface area contributed by atoms with E-state index in [1.165, 1.54) is 0 Å². The predicted octanol–water partition coefficient (Wildman–Crippen LogP) is 9.95. The number of anilines is 5. The number of ether oxygens (including phenoxy) is 10. The summed E-state index contributed by atoms with van der Waals surface area (Å²) < 4.78 is 52.6. The molecule has 0 saturated carbocycles. The number of nitrogen functional groups attached to an aromatic ring is 5. The minimum Gasteiger partial charge on any atom is -0.427 e. The van der Waals surface area contributed by atoms with Crippen LogP contribution in [0.15, 0.2) is 146 Å². The summed E-state index contributed by atoms with van der Waals surface area (Å²) in [7, 11) is 0. The number of benzene rings is 6. The van der Waals surface area contributed by atoms with Crippen molar-refractivity contribution < 1.29 is 76.1 Å². The van der Waals surface area contributed by atoms with Crippen LogP contribution < -0.4 is 57.1 Å². The second-order valence-corrected chi connectivity index (χ2v) is 19.1. The highest BCUT2D eigenvalue weighted by Crippen LogP contribution is 2.19. The number of nitrogens with two attached hydrogens (primary N) is 5. The van der Waals surface area contributed by atoms with Gasteiger partial charge in [-0.2, -0.15) is 0 Å². The fraction of sp³-hybridized carbons (Fsp3) is 0.344. The molecule has 6 aromatic rings. The van der Waals surface area contributed by atoms with E-state index in [1.807, 2.05) is 19.1 Å². The molecule has 6 aromatic carbocycles. The molecule has 456 valence electrons. The van der Waals surface area contributed by atoms with Crippen molar-refractivity contribution in [3.8, 4) is 34.5 Å². The van der Waals surface area contributed by atoms with Gasteiger partial charge in [-0.3, -0.25) is 14.4 Å². The summed E-state index contributed by atoms with van der Waals surface area (Å²) in [4.78, 5) is 70.5. The summed E-state index contributed by atoms with van der Waals surface area (Å²) in [6.07, 6.45) is 7.24. The van der Waals surface area contributed by atoms with E-state index in [0.717, 1.165) is 50.5 Å². The van der Waals surface area contributed by atoms with Gasteiger partial charge in [-0.1, -0.05) is 37.0 Å². The second-order valence-electron chi connectivity index (χ2n) is 19.1. The zero-order valence-corrected chi connectivity index (χ0v) is 48.3. The van der Waals surface area contributed by atoms with E-state index in [9.17, 15) is 28.8 Å². The van der Waals surface area contributed by atoms with E-state index >= 15 is 0 Å². The molecule has 0 saturated heterocycles. The molecule has 6 rings (SSSR count). The van der Waals surface area contributed by atoms with Crippen LogP contribution in [0.3, 0.4) is 0 Å². The molecule has 10 N–H and O–H groups in total. The highest BCUT2D eigenvalue weighted by molar-refractivity contribution is 5.77. The van der Waals surface area contributed by atoms with E-state index in [0.29, 0.717) is 128 Å². The number of aryl methyl sites for hydroxylation is 1. The lowest BCUT2D eigenvalue weighted by Crippen LogP contribution is -2.26. The Kier molecular flexibility index (Phi) is 32.4. The molecule has 0 fully saturated rings. The topological polar surface area (TPSA) is 325 Å². The van der Waals surface area contributed by atoms with E-state index in [1.54, 1.807) is 140 Å². The molecule has 0 aliphatic heterocycles. The fourth-order valence-corrected chi connectivity index (χ4v) is 7.06. The molecule has 1 atom stereocenters. The summed E-state index contributed by atoms with van der Waals surface area (Å²) in [6.45, 7) is 5.46. The molecule has 85 heavy (non-hydrogen) atoms. The van der Waals surface area contributed by atoms with Crippen molar-refractivity contribution in [2.24, 2.45) is 0 Å². The van der Waals surface area contributed by atoms with Crippen molar-refractivity contribution in [1.82, 2.24) is 0 Å². The quantitative estimate of drug-likeness (QED) is 0.0111. The van der Waals surface area contributed by atoms with Gasteiger partial charge in [0, 0.05) is 67.5 Å². The molecular formula is C64H79N5O16. The van der Waals surface area contributed by atoms with Gasteiger partial charge in [-0.15, -0.1) is 0 Å². The van der Waals surface area contributed by atoms with Gasteiger partial charge in [-0.25, -0.2) is 14.4 Å². The molecular weight excluding hydrogens is 1090 g/mol. The maximum atomic E-state index is 12.0. The largest absolute Gasteiger partial charge is 0.427 e. The van der Waals surface area contributed by atoms with E-state index in [2.05, 4.69) is 0 Å². The number of hydrogen-bond donors (Lipinski definition) is 5. The monoisotopic (exact) mass is 1170 g/mol. The van der Waals surface area contributed by atoms with Crippen LogP contribution in [0.4, 0.5) is 28.4 Å². The fourth-order valence-electron chi connectivity index (χ4n) is 7.06. The molecule has 0 bridgehead atoms. The number of rotatable bonds is 33. The Morgan fingerprint density at radius 3 is 0.941 bits per heavy atom. The first-order valence-corrected chi connectivity index (χ1v) is 27.9. The number of hydrogen-bond acceptors (Lipinski definition) is 21. The lowest BCUT2D eigenvalue weighted by atomic mass is 10.2. The van der Waals surface area contributed by atoms with Crippen LogP contribution in [0.5, 0.6) is 34.5 Å². The van der Waals surface area contributed by atoms with Gasteiger partial charge in [0.05, 0.1) is 13.2 Å². The van der Waals surface area contributed by atoms with Crippen molar-refractivity contribution in [2.75, 3.05) is 74.9 Å². The maximum absolute atomic E-state index is 12.0. The van der Waals surface area contributed by atoms with Crippen LogP contribution in [-0.2, 0) is 47.7 Å². The molecule has 0 heterocycles. The van der Waals surface area contributed by atoms with Crippen LogP contribution in [-0.4, -0.2) is 88.2 Å². The van der Waals surface area contributed by atoms with E-state index in [4.69, 9.17) is 76.0 Å². The average molecular weight is 1170 g/mol. The van der Waals surface area contributed by atoms with Gasteiger partial charge in [0.15, 0.2) is 6.10 Å². The van der Waals surface area contributed by atoms with Gasteiger partial charge in [0.1, 0.15) is 47.7 Å². The lowest BCUT2D eigenvalue weighted by Gasteiger charge is -2.12. The standard InChI is InChI=1S/C23H29NO6.C21H26N2O5.C20H24N2O5/c1-18-6-10-20(11-7-18)29-22(25)5-3-2-4-14-27-15-16-28-17-23(26)30-21-12-8-19(24)9-13-21;1-15(21(25)28-19-12-8-17(23)9-13-19)26-14-4-2-3-5-20(24)27-18-10-6-16(22)7-11-18;21-15-5-9-17(10-6-15)26-19(23)4-2-1-3-13-25-14-20(24)27-18-11-7-16(22)8-12-18/h6-13H,2-5,14-17,24H2,1H3;6-13,15H,2-5,14,22-23H2,1H3;5-12H,1-4,13-14,21-22H2. The van der Waals surface area contributed by atoms with Gasteiger partial charge >= 0.3 is 35.8 Å². The zero-order chi connectivity index (χ0) is 61.4. The first-order chi connectivity index (χ1) is 41.0. The summed E-state index contributed by atoms with van der Waals surface area (Å²) in [5.41, 5.74) is 32.0. The minimum atomic E-state index is -0.673.